The topological polar surface area (TPSA) is 65.6 Å². The Morgan fingerprint density at radius 2 is 2.05 bits per heavy atom. The second-order valence-electron chi connectivity index (χ2n) is 4.56. The van der Waals surface area contributed by atoms with Crippen LogP contribution in [0.4, 0.5) is 0 Å². The molecule has 0 atom stereocenters. The number of aromatic nitrogens is 5. The molecule has 100 valence electrons. The summed E-state index contributed by atoms with van der Waals surface area (Å²) in [5.41, 5.74) is 2.73. The van der Waals surface area contributed by atoms with Crippen molar-refractivity contribution in [2.24, 2.45) is 0 Å². The Balaban J connectivity index is 2.23. The van der Waals surface area contributed by atoms with Crippen molar-refractivity contribution in [1.29, 1.82) is 0 Å². The second-order valence-corrected chi connectivity index (χ2v) is 4.56. The zero-order valence-electron chi connectivity index (χ0n) is 11.2. The quantitative estimate of drug-likeness (QED) is 0.704. The summed E-state index contributed by atoms with van der Waals surface area (Å²) in [6.45, 7) is 3.96. The summed E-state index contributed by atoms with van der Waals surface area (Å²) in [5, 5.41) is 3.95. The molecule has 0 spiro atoms. The van der Waals surface area contributed by atoms with Crippen molar-refractivity contribution in [3.05, 3.63) is 64.7 Å². The smallest absolute Gasteiger partial charge is 0.279 e. The van der Waals surface area contributed by atoms with Crippen LogP contribution >= 0.6 is 0 Å². The Bertz CT molecular complexity index is 805. The third kappa shape index (κ3) is 2.01. The first-order valence-electron chi connectivity index (χ1n) is 6.17. The van der Waals surface area contributed by atoms with Crippen molar-refractivity contribution in [2.75, 3.05) is 0 Å². The van der Waals surface area contributed by atoms with E-state index >= 15 is 0 Å². The lowest BCUT2D eigenvalue weighted by Crippen LogP contribution is -2.24. The van der Waals surface area contributed by atoms with Crippen LogP contribution in [0.25, 0.3) is 11.5 Å². The third-order valence-corrected chi connectivity index (χ3v) is 3.08. The highest BCUT2D eigenvalue weighted by molar-refractivity contribution is 5.43. The van der Waals surface area contributed by atoms with Crippen LogP contribution in [0.3, 0.4) is 0 Å². The molecule has 2 aromatic heterocycles. The number of benzene rings is 1. The predicted octanol–water partition coefficient (Wildman–Crippen LogP) is 1.43. The van der Waals surface area contributed by atoms with E-state index in [2.05, 4.69) is 15.1 Å². The van der Waals surface area contributed by atoms with Crippen LogP contribution < -0.4 is 5.56 Å². The van der Waals surface area contributed by atoms with Crippen molar-refractivity contribution in [3.8, 4) is 11.5 Å². The van der Waals surface area contributed by atoms with E-state index in [0.29, 0.717) is 0 Å². The number of hydrogen-bond donors (Lipinski definition) is 0. The molecule has 0 radical (unpaired) electrons. The van der Waals surface area contributed by atoms with Gasteiger partial charge in [0.2, 0.25) is 5.82 Å². The number of aryl methyl sites for hydroxylation is 2. The van der Waals surface area contributed by atoms with Gasteiger partial charge in [0.15, 0.2) is 0 Å². The van der Waals surface area contributed by atoms with E-state index in [9.17, 15) is 4.79 Å². The first-order chi connectivity index (χ1) is 9.66. The van der Waals surface area contributed by atoms with E-state index < -0.39 is 0 Å². The van der Waals surface area contributed by atoms with Gasteiger partial charge in [0, 0.05) is 12.4 Å². The molecule has 3 rings (SSSR count). The highest BCUT2D eigenvalue weighted by atomic mass is 16.1. The molecule has 2 heterocycles. The first kappa shape index (κ1) is 12.3. The third-order valence-electron chi connectivity index (χ3n) is 3.08. The van der Waals surface area contributed by atoms with Crippen molar-refractivity contribution >= 4 is 0 Å². The van der Waals surface area contributed by atoms with E-state index in [1.165, 1.54) is 17.3 Å². The number of nitrogens with zero attached hydrogens (tertiary/aromatic N) is 5. The van der Waals surface area contributed by atoms with Crippen molar-refractivity contribution in [2.45, 2.75) is 13.8 Å². The van der Waals surface area contributed by atoms with E-state index in [-0.39, 0.29) is 11.4 Å². The molecule has 20 heavy (non-hydrogen) atoms. The van der Waals surface area contributed by atoms with Gasteiger partial charge in [-0.3, -0.25) is 9.36 Å². The number of rotatable bonds is 2. The Morgan fingerprint density at radius 3 is 2.80 bits per heavy atom. The van der Waals surface area contributed by atoms with Gasteiger partial charge in [-0.25, -0.2) is 9.97 Å². The fraction of sp³-hybridized carbons (Fsp3) is 0.143. The lowest BCUT2D eigenvalue weighted by atomic mass is 10.1. The molecule has 0 aliphatic heterocycles. The Hall–Kier alpha value is -2.76. The molecule has 1 aromatic carbocycles. The van der Waals surface area contributed by atoms with Gasteiger partial charge in [0.1, 0.15) is 12.7 Å². The van der Waals surface area contributed by atoms with Gasteiger partial charge in [0.25, 0.3) is 5.56 Å². The average Bonchev–Trinajstić information content (AvgIpc) is 2.96. The summed E-state index contributed by atoms with van der Waals surface area (Å²) in [6.07, 6.45) is 6.07. The molecule has 0 aliphatic carbocycles. The van der Waals surface area contributed by atoms with Gasteiger partial charge >= 0.3 is 0 Å². The summed E-state index contributed by atoms with van der Waals surface area (Å²) in [5.74, 6) is 0.228. The summed E-state index contributed by atoms with van der Waals surface area (Å²) in [4.78, 5) is 20.5. The summed E-state index contributed by atoms with van der Waals surface area (Å²) in [7, 11) is 0. The summed E-state index contributed by atoms with van der Waals surface area (Å²) >= 11 is 0. The maximum atomic E-state index is 12.5. The summed E-state index contributed by atoms with van der Waals surface area (Å²) < 4.78 is 2.94. The molecule has 0 bridgehead atoms. The normalized spacial score (nSPS) is 10.7. The molecule has 0 N–H and O–H groups in total. The number of hydrogen-bond acceptors (Lipinski definition) is 4. The molecule has 0 amide bonds. The van der Waals surface area contributed by atoms with E-state index in [0.717, 1.165) is 16.8 Å². The minimum absolute atomic E-state index is 0.228. The standard InChI is InChI=1S/C14H13N5O/c1-10-3-4-11(2)12(7-10)18-6-5-16-13(14(18)20)19-9-15-8-17-19/h3-9H,1-2H3. The van der Waals surface area contributed by atoms with Gasteiger partial charge in [-0.1, -0.05) is 12.1 Å². The molecular weight excluding hydrogens is 254 g/mol. The zero-order valence-corrected chi connectivity index (χ0v) is 11.2. The highest BCUT2D eigenvalue weighted by Crippen LogP contribution is 2.14. The predicted molar refractivity (Wildman–Crippen MR) is 74.2 cm³/mol. The highest BCUT2D eigenvalue weighted by Gasteiger charge is 2.10. The first-order valence-corrected chi connectivity index (χ1v) is 6.17. The van der Waals surface area contributed by atoms with Gasteiger partial charge in [-0.2, -0.15) is 9.78 Å². The second kappa shape index (κ2) is 4.73. The SMILES string of the molecule is Cc1ccc(C)c(-n2ccnc(-n3cncn3)c2=O)c1. The minimum atomic E-state index is -0.230. The van der Waals surface area contributed by atoms with Gasteiger partial charge < -0.3 is 0 Å². The molecule has 0 unspecified atom stereocenters. The Labute approximate surface area is 115 Å². The molecule has 0 aliphatic rings. The monoisotopic (exact) mass is 267 g/mol. The van der Waals surface area contributed by atoms with Crippen LogP contribution in [0.5, 0.6) is 0 Å². The van der Waals surface area contributed by atoms with Crippen LogP contribution in [-0.4, -0.2) is 24.3 Å². The van der Waals surface area contributed by atoms with Crippen LogP contribution in [0.1, 0.15) is 11.1 Å². The van der Waals surface area contributed by atoms with Crippen LogP contribution in [-0.2, 0) is 0 Å². The molecule has 0 saturated carbocycles. The average molecular weight is 267 g/mol. The Morgan fingerprint density at radius 1 is 1.20 bits per heavy atom. The van der Waals surface area contributed by atoms with Crippen LogP contribution in [0.15, 0.2) is 48.0 Å². The lowest BCUT2D eigenvalue weighted by Gasteiger charge is -2.11. The Kier molecular flexibility index (Phi) is 2.90. The van der Waals surface area contributed by atoms with E-state index in [1.54, 1.807) is 17.0 Å². The van der Waals surface area contributed by atoms with Crippen molar-refractivity contribution in [3.63, 3.8) is 0 Å². The largest absolute Gasteiger partial charge is 0.300 e. The molecule has 6 heteroatoms. The van der Waals surface area contributed by atoms with Gasteiger partial charge in [-0.05, 0) is 31.0 Å². The molecule has 0 fully saturated rings. The van der Waals surface area contributed by atoms with Crippen LogP contribution in [0.2, 0.25) is 0 Å². The maximum absolute atomic E-state index is 12.5. The molecule has 3 aromatic rings. The fourth-order valence-electron chi connectivity index (χ4n) is 2.04. The lowest BCUT2D eigenvalue weighted by molar-refractivity contribution is 0.799. The maximum Gasteiger partial charge on any atom is 0.300 e. The van der Waals surface area contributed by atoms with E-state index in [1.807, 2.05) is 32.0 Å². The van der Waals surface area contributed by atoms with Gasteiger partial charge in [0.05, 0.1) is 5.69 Å². The summed E-state index contributed by atoms with van der Waals surface area (Å²) in [6, 6.07) is 5.98. The van der Waals surface area contributed by atoms with Crippen molar-refractivity contribution in [1.82, 2.24) is 24.3 Å². The molecule has 6 nitrogen and oxygen atoms in total. The van der Waals surface area contributed by atoms with Crippen molar-refractivity contribution < 1.29 is 0 Å². The fourth-order valence-corrected chi connectivity index (χ4v) is 2.04. The van der Waals surface area contributed by atoms with Crippen LogP contribution in [0, 0.1) is 13.8 Å². The zero-order chi connectivity index (χ0) is 14.1. The molecule has 0 saturated heterocycles. The van der Waals surface area contributed by atoms with Gasteiger partial charge in [-0.15, -0.1) is 0 Å². The molecular formula is C14H13N5O. The minimum Gasteiger partial charge on any atom is -0.279 e. The van der Waals surface area contributed by atoms with E-state index in [4.69, 9.17) is 0 Å².